The number of benzene rings is 2. The first-order valence-electron chi connectivity index (χ1n) is 8.81. The summed E-state index contributed by atoms with van der Waals surface area (Å²) in [4.78, 5) is 14.6. The van der Waals surface area contributed by atoms with Crippen molar-refractivity contribution < 1.29 is 13.9 Å². The quantitative estimate of drug-likeness (QED) is 0.603. The molecule has 0 spiro atoms. The average molecular weight is 349 g/mol. The normalized spacial score (nSPS) is 10.5. The van der Waals surface area contributed by atoms with Gasteiger partial charge < -0.3 is 14.1 Å². The van der Waals surface area contributed by atoms with Gasteiger partial charge in [-0.05, 0) is 35.7 Å². The summed E-state index contributed by atoms with van der Waals surface area (Å²) < 4.78 is 11.2. The fraction of sp³-hybridized carbons (Fsp3) is 0.227. The number of carbonyl (C=O) groups excluding carboxylic acids is 1. The molecule has 0 unspecified atom stereocenters. The molecule has 0 saturated heterocycles. The van der Waals surface area contributed by atoms with Crippen LogP contribution in [0.1, 0.15) is 23.8 Å². The lowest BCUT2D eigenvalue weighted by Gasteiger charge is -2.22. The molecular weight excluding hydrogens is 326 g/mol. The highest BCUT2D eigenvalue weighted by Gasteiger charge is 2.17. The van der Waals surface area contributed by atoms with Crippen molar-refractivity contribution in [1.29, 1.82) is 0 Å². The number of rotatable bonds is 8. The summed E-state index contributed by atoms with van der Waals surface area (Å²) >= 11 is 0. The van der Waals surface area contributed by atoms with Gasteiger partial charge in [0.15, 0.2) is 6.61 Å². The molecule has 2 aromatic carbocycles. The molecule has 0 saturated carbocycles. The van der Waals surface area contributed by atoms with E-state index >= 15 is 0 Å². The average Bonchev–Trinajstić information content (AvgIpc) is 3.20. The van der Waals surface area contributed by atoms with Gasteiger partial charge in [-0.25, -0.2) is 0 Å². The van der Waals surface area contributed by atoms with Gasteiger partial charge >= 0.3 is 0 Å². The van der Waals surface area contributed by atoms with Crippen molar-refractivity contribution >= 4 is 5.91 Å². The van der Waals surface area contributed by atoms with Crippen LogP contribution in [0.4, 0.5) is 0 Å². The molecule has 1 amide bonds. The number of hydrogen-bond acceptors (Lipinski definition) is 3. The molecule has 0 aliphatic heterocycles. The maximum atomic E-state index is 12.8. The lowest BCUT2D eigenvalue weighted by molar-refractivity contribution is -0.134. The molecule has 0 atom stereocenters. The van der Waals surface area contributed by atoms with Gasteiger partial charge in [-0.2, -0.15) is 0 Å². The smallest absolute Gasteiger partial charge is 0.261 e. The third-order valence-electron chi connectivity index (χ3n) is 4.20. The molecule has 0 aliphatic carbocycles. The Morgan fingerprint density at radius 1 is 0.962 bits per heavy atom. The highest BCUT2D eigenvalue weighted by molar-refractivity contribution is 5.77. The van der Waals surface area contributed by atoms with E-state index in [1.807, 2.05) is 66.7 Å². The summed E-state index contributed by atoms with van der Waals surface area (Å²) in [5, 5.41) is 0. The fourth-order valence-electron chi connectivity index (χ4n) is 2.79. The van der Waals surface area contributed by atoms with Crippen LogP contribution in [0.25, 0.3) is 0 Å². The molecule has 0 N–H and O–H groups in total. The molecule has 134 valence electrons. The molecule has 3 aromatic rings. The van der Waals surface area contributed by atoms with E-state index in [1.165, 1.54) is 0 Å². The van der Waals surface area contributed by atoms with Crippen molar-refractivity contribution in [3.05, 3.63) is 89.9 Å². The second kappa shape index (κ2) is 8.90. The van der Waals surface area contributed by atoms with Gasteiger partial charge in [-0.1, -0.05) is 55.5 Å². The highest BCUT2D eigenvalue weighted by Crippen LogP contribution is 2.19. The van der Waals surface area contributed by atoms with Crippen LogP contribution >= 0.6 is 0 Å². The Kier molecular flexibility index (Phi) is 6.09. The molecule has 1 heterocycles. The zero-order chi connectivity index (χ0) is 18.2. The summed E-state index contributed by atoms with van der Waals surface area (Å²) in [5.74, 6) is 1.44. The number of nitrogens with zero attached hydrogens (tertiary/aromatic N) is 1. The van der Waals surface area contributed by atoms with E-state index in [0.29, 0.717) is 13.1 Å². The highest BCUT2D eigenvalue weighted by atomic mass is 16.5. The molecule has 4 heteroatoms. The minimum atomic E-state index is -0.0730. The van der Waals surface area contributed by atoms with Gasteiger partial charge in [0.1, 0.15) is 11.5 Å². The van der Waals surface area contributed by atoms with E-state index in [-0.39, 0.29) is 12.5 Å². The maximum absolute atomic E-state index is 12.8. The first kappa shape index (κ1) is 17.8. The van der Waals surface area contributed by atoms with E-state index in [0.717, 1.165) is 29.1 Å². The van der Waals surface area contributed by atoms with Crippen molar-refractivity contribution in [2.75, 3.05) is 6.61 Å². The van der Waals surface area contributed by atoms with Crippen molar-refractivity contribution in [3.63, 3.8) is 0 Å². The fourth-order valence-corrected chi connectivity index (χ4v) is 2.79. The van der Waals surface area contributed by atoms with Crippen molar-refractivity contribution in [1.82, 2.24) is 4.90 Å². The lowest BCUT2D eigenvalue weighted by Crippen LogP contribution is -2.34. The summed E-state index contributed by atoms with van der Waals surface area (Å²) in [6, 6.07) is 21.4. The molecule has 0 radical (unpaired) electrons. The number of aryl methyl sites for hydroxylation is 1. The summed E-state index contributed by atoms with van der Waals surface area (Å²) in [5.41, 5.74) is 2.17. The Morgan fingerprint density at radius 2 is 1.73 bits per heavy atom. The SMILES string of the molecule is CCc1ccccc1OCC(=O)N(Cc1ccccc1)Cc1ccco1. The van der Waals surface area contributed by atoms with Gasteiger partial charge in [0, 0.05) is 6.54 Å². The van der Waals surface area contributed by atoms with Crippen LogP contribution in [0.5, 0.6) is 5.75 Å². The number of carbonyl (C=O) groups is 1. The minimum Gasteiger partial charge on any atom is -0.483 e. The van der Waals surface area contributed by atoms with Gasteiger partial charge in [0.05, 0.1) is 12.8 Å². The molecule has 0 fully saturated rings. The molecule has 0 bridgehead atoms. The molecule has 26 heavy (non-hydrogen) atoms. The zero-order valence-corrected chi connectivity index (χ0v) is 14.9. The van der Waals surface area contributed by atoms with E-state index in [9.17, 15) is 4.79 Å². The van der Waals surface area contributed by atoms with Gasteiger partial charge in [0.2, 0.25) is 0 Å². The van der Waals surface area contributed by atoms with Crippen LogP contribution in [0.15, 0.2) is 77.4 Å². The Hall–Kier alpha value is -3.01. The Bertz CT molecular complexity index is 812. The molecule has 1 aromatic heterocycles. The van der Waals surface area contributed by atoms with Crippen molar-refractivity contribution in [2.45, 2.75) is 26.4 Å². The number of furan rings is 1. The monoisotopic (exact) mass is 349 g/mol. The van der Waals surface area contributed by atoms with Gasteiger partial charge in [-0.15, -0.1) is 0 Å². The Balaban J connectivity index is 1.69. The van der Waals surface area contributed by atoms with Crippen molar-refractivity contribution in [2.24, 2.45) is 0 Å². The maximum Gasteiger partial charge on any atom is 0.261 e. The largest absolute Gasteiger partial charge is 0.483 e. The minimum absolute atomic E-state index is 0.00452. The third-order valence-corrected chi connectivity index (χ3v) is 4.20. The lowest BCUT2D eigenvalue weighted by atomic mass is 10.1. The summed E-state index contributed by atoms with van der Waals surface area (Å²) in [6.45, 7) is 3.01. The molecule has 4 nitrogen and oxygen atoms in total. The number of hydrogen-bond donors (Lipinski definition) is 0. The predicted octanol–water partition coefficient (Wildman–Crippen LogP) is 4.45. The summed E-state index contributed by atoms with van der Waals surface area (Å²) in [7, 11) is 0. The molecule has 3 rings (SSSR count). The van der Waals surface area contributed by atoms with E-state index in [1.54, 1.807) is 11.2 Å². The van der Waals surface area contributed by atoms with E-state index in [2.05, 4.69) is 6.92 Å². The Labute approximate surface area is 154 Å². The van der Waals surface area contributed by atoms with Gasteiger partial charge in [0.25, 0.3) is 5.91 Å². The number of para-hydroxylation sites is 1. The zero-order valence-electron chi connectivity index (χ0n) is 14.9. The van der Waals surface area contributed by atoms with Crippen LogP contribution in [0.3, 0.4) is 0 Å². The molecule has 0 aliphatic rings. The van der Waals surface area contributed by atoms with Crippen LogP contribution < -0.4 is 4.74 Å². The van der Waals surface area contributed by atoms with Crippen LogP contribution in [-0.2, 0) is 24.3 Å². The van der Waals surface area contributed by atoms with Crippen LogP contribution in [0, 0.1) is 0 Å². The van der Waals surface area contributed by atoms with Crippen molar-refractivity contribution in [3.8, 4) is 5.75 Å². The second-order valence-electron chi connectivity index (χ2n) is 6.06. The Morgan fingerprint density at radius 3 is 2.46 bits per heavy atom. The second-order valence-corrected chi connectivity index (χ2v) is 6.06. The first-order chi connectivity index (χ1) is 12.8. The standard InChI is InChI=1S/C22H23NO3/c1-2-19-11-6-7-13-21(19)26-17-22(24)23(16-20-12-8-14-25-20)15-18-9-4-3-5-10-18/h3-14H,2,15-17H2,1H3. The van der Waals surface area contributed by atoms with Crippen LogP contribution in [0.2, 0.25) is 0 Å². The topological polar surface area (TPSA) is 42.7 Å². The van der Waals surface area contributed by atoms with Crippen LogP contribution in [-0.4, -0.2) is 17.4 Å². The third kappa shape index (κ3) is 4.76. The predicted molar refractivity (Wildman–Crippen MR) is 101 cm³/mol. The molecular formula is C22H23NO3. The van der Waals surface area contributed by atoms with E-state index < -0.39 is 0 Å². The van der Waals surface area contributed by atoms with E-state index in [4.69, 9.17) is 9.15 Å². The number of ether oxygens (including phenoxy) is 1. The first-order valence-corrected chi connectivity index (χ1v) is 8.81. The van der Waals surface area contributed by atoms with Gasteiger partial charge in [-0.3, -0.25) is 4.79 Å². The summed E-state index contributed by atoms with van der Waals surface area (Å²) in [6.07, 6.45) is 2.49. The number of amides is 1.